The third-order valence-electron chi connectivity index (χ3n) is 1.62. The average Bonchev–Trinajstić information content (AvgIpc) is 2.32. The second-order valence-electron chi connectivity index (χ2n) is 2.59. The monoisotopic (exact) mass is 239 g/mol. The van der Waals surface area contributed by atoms with Crippen LogP contribution in [0.3, 0.4) is 0 Å². The number of hydrogen-bond acceptors (Lipinski definition) is 3. The lowest BCUT2D eigenvalue weighted by molar-refractivity contribution is 0.622. The van der Waals surface area contributed by atoms with Gasteiger partial charge < -0.3 is 0 Å². The summed E-state index contributed by atoms with van der Waals surface area (Å²) in [5.74, 6) is -0.381. The predicted molar refractivity (Wildman–Crippen MR) is 61.6 cm³/mol. The Morgan fingerprint density at radius 1 is 1.06 bits per heavy atom. The van der Waals surface area contributed by atoms with Crippen LogP contribution in [-0.4, -0.2) is 15.0 Å². The highest BCUT2D eigenvalue weighted by atomic mass is 35.5. The number of pyridine rings is 1. The lowest BCUT2D eigenvalue weighted by Gasteiger charge is -1.98. The van der Waals surface area contributed by atoms with Crippen LogP contribution in [0.4, 0.5) is 4.39 Å². The molecule has 5 heteroatoms. The molecule has 0 aromatic carbocycles. The smallest absolute Gasteiger partial charge is 0.141 e. The van der Waals surface area contributed by atoms with Crippen molar-refractivity contribution in [2.75, 3.05) is 0 Å². The van der Waals surface area contributed by atoms with E-state index < -0.39 is 0 Å². The summed E-state index contributed by atoms with van der Waals surface area (Å²) in [4.78, 5) is 11.6. The first-order chi connectivity index (χ1) is 7.75. The molecule has 0 saturated carbocycles. The van der Waals surface area contributed by atoms with E-state index in [1.165, 1.54) is 18.5 Å². The largest absolute Gasteiger partial charge is 0.252 e. The molecular formula is C11H11ClFN3. The summed E-state index contributed by atoms with van der Waals surface area (Å²) < 4.78 is 12.6. The molecule has 0 amide bonds. The van der Waals surface area contributed by atoms with Crippen LogP contribution in [0.15, 0.2) is 30.7 Å². The van der Waals surface area contributed by atoms with Gasteiger partial charge in [-0.05, 0) is 12.1 Å². The van der Waals surface area contributed by atoms with E-state index in [2.05, 4.69) is 15.0 Å². The van der Waals surface area contributed by atoms with Crippen LogP contribution in [0, 0.1) is 5.82 Å². The van der Waals surface area contributed by atoms with Gasteiger partial charge in [0.25, 0.3) is 0 Å². The Morgan fingerprint density at radius 2 is 1.81 bits per heavy atom. The van der Waals surface area contributed by atoms with Crippen LogP contribution < -0.4 is 0 Å². The molecule has 0 unspecified atom stereocenters. The molecule has 16 heavy (non-hydrogen) atoms. The fraction of sp³-hybridized carbons (Fsp3) is 0.182. The third kappa shape index (κ3) is 3.24. The van der Waals surface area contributed by atoms with Crippen LogP contribution >= 0.6 is 11.6 Å². The van der Waals surface area contributed by atoms with Gasteiger partial charge in [-0.2, -0.15) is 0 Å². The summed E-state index contributed by atoms with van der Waals surface area (Å²) in [5.41, 5.74) is 1.14. The highest BCUT2D eigenvalue weighted by Gasteiger charge is 2.01. The molecule has 0 aliphatic carbocycles. The van der Waals surface area contributed by atoms with Crippen LogP contribution in [-0.2, 0) is 0 Å². The van der Waals surface area contributed by atoms with Crippen LogP contribution in [0.5, 0.6) is 0 Å². The van der Waals surface area contributed by atoms with Gasteiger partial charge in [0.05, 0.1) is 17.6 Å². The maximum Gasteiger partial charge on any atom is 0.141 e. The quantitative estimate of drug-likeness (QED) is 0.717. The Hall–Kier alpha value is -1.55. The van der Waals surface area contributed by atoms with Crippen molar-refractivity contribution in [2.45, 2.75) is 13.8 Å². The Balaban J connectivity index is 0.000000606. The van der Waals surface area contributed by atoms with Crippen molar-refractivity contribution in [3.05, 3.63) is 41.7 Å². The van der Waals surface area contributed by atoms with E-state index in [0.717, 1.165) is 6.20 Å². The van der Waals surface area contributed by atoms with Gasteiger partial charge in [-0.3, -0.25) is 4.98 Å². The van der Waals surface area contributed by atoms with E-state index in [1.807, 2.05) is 13.8 Å². The second kappa shape index (κ2) is 6.12. The lowest BCUT2D eigenvalue weighted by atomic mass is 10.2. The molecule has 0 bridgehead atoms. The maximum atomic E-state index is 12.6. The van der Waals surface area contributed by atoms with E-state index >= 15 is 0 Å². The Bertz CT molecular complexity index is 445. The molecule has 0 saturated heterocycles. The molecule has 0 atom stereocenters. The lowest BCUT2D eigenvalue weighted by Crippen LogP contribution is -1.89. The average molecular weight is 240 g/mol. The van der Waals surface area contributed by atoms with Gasteiger partial charge in [0, 0.05) is 6.07 Å². The molecule has 2 aromatic heterocycles. The summed E-state index contributed by atoms with van der Waals surface area (Å²) >= 11 is 5.67. The van der Waals surface area contributed by atoms with E-state index in [-0.39, 0.29) is 5.82 Å². The first-order valence-corrected chi connectivity index (χ1v) is 5.23. The van der Waals surface area contributed by atoms with Crippen molar-refractivity contribution < 1.29 is 4.39 Å². The van der Waals surface area contributed by atoms with Crippen LogP contribution in [0.2, 0.25) is 5.15 Å². The summed E-state index contributed by atoms with van der Waals surface area (Å²) in [6, 6.07) is 4.42. The Labute approximate surface area is 98.4 Å². The molecule has 0 aliphatic rings. The van der Waals surface area contributed by atoms with E-state index in [1.54, 1.807) is 6.07 Å². The molecule has 2 heterocycles. The topological polar surface area (TPSA) is 38.7 Å². The van der Waals surface area contributed by atoms with Gasteiger partial charge in [-0.15, -0.1) is 0 Å². The molecule has 2 rings (SSSR count). The van der Waals surface area contributed by atoms with Crippen molar-refractivity contribution in [3.63, 3.8) is 0 Å². The molecule has 3 nitrogen and oxygen atoms in total. The van der Waals surface area contributed by atoms with Crippen molar-refractivity contribution in [2.24, 2.45) is 0 Å². The molecule has 0 fully saturated rings. The molecule has 2 aromatic rings. The van der Waals surface area contributed by atoms with Gasteiger partial charge in [0.1, 0.15) is 17.3 Å². The van der Waals surface area contributed by atoms with E-state index in [0.29, 0.717) is 16.5 Å². The highest BCUT2D eigenvalue weighted by Crippen LogP contribution is 2.15. The standard InChI is InChI=1S/C9H5ClFN3.C2H6/c10-9-3-8(13-5-14-9)7-2-1-6(11)4-12-7;1-2/h1-5H;1-2H3. The summed E-state index contributed by atoms with van der Waals surface area (Å²) in [6.45, 7) is 4.00. The van der Waals surface area contributed by atoms with Crippen molar-refractivity contribution in [1.29, 1.82) is 0 Å². The van der Waals surface area contributed by atoms with Gasteiger partial charge in [0.15, 0.2) is 0 Å². The van der Waals surface area contributed by atoms with Gasteiger partial charge in [-0.25, -0.2) is 14.4 Å². The van der Waals surface area contributed by atoms with Crippen molar-refractivity contribution in [1.82, 2.24) is 15.0 Å². The van der Waals surface area contributed by atoms with E-state index in [9.17, 15) is 4.39 Å². The van der Waals surface area contributed by atoms with Gasteiger partial charge >= 0.3 is 0 Å². The molecule has 0 spiro atoms. The first-order valence-electron chi connectivity index (χ1n) is 4.85. The SMILES string of the molecule is CC.Fc1ccc(-c2cc(Cl)ncn2)nc1. The molecular weight excluding hydrogens is 229 g/mol. The summed E-state index contributed by atoms with van der Waals surface area (Å²) in [7, 11) is 0. The minimum atomic E-state index is -0.381. The van der Waals surface area contributed by atoms with Crippen molar-refractivity contribution >= 4 is 11.6 Å². The fourth-order valence-corrected chi connectivity index (χ4v) is 1.15. The molecule has 84 valence electrons. The zero-order valence-electron chi connectivity index (χ0n) is 8.98. The number of aromatic nitrogens is 3. The minimum Gasteiger partial charge on any atom is -0.252 e. The predicted octanol–water partition coefficient (Wildman–Crippen LogP) is 3.36. The third-order valence-corrected chi connectivity index (χ3v) is 1.83. The zero-order valence-corrected chi connectivity index (χ0v) is 9.74. The molecule has 0 aliphatic heterocycles. The summed E-state index contributed by atoms with van der Waals surface area (Å²) in [5, 5.41) is 0.334. The van der Waals surface area contributed by atoms with E-state index in [4.69, 9.17) is 11.6 Å². The Kier molecular flexibility index (Phi) is 4.79. The van der Waals surface area contributed by atoms with Gasteiger partial charge in [-0.1, -0.05) is 25.4 Å². The number of hydrogen-bond donors (Lipinski definition) is 0. The van der Waals surface area contributed by atoms with Crippen molar-refractivity contribution in [3.8, 4) is 11.4 Å². The highest BCUT2D eigenvalue weighted by molar-refractivity contribution is 6.29. The van der Waals surface area contributed by atoms with Crippen LogP contribution in [0.25, 0.3) is 11.4 Å². The number of nitrogens with zero attached hydrogens (tertiary/aromatic N) is 3. The van der Waals surface area contributed by atoms with Gasteiger partial charge in [0.2, 0.25) is 0 Å². The molecule has 0 radical (unpaired) electrons. The maximum absolute atomic E-state index is 12.6. The normalized spacial score (nSPS) is 9.25. The first kappa shape index (κ1) is 12.5. The summed E-state index contributed by atoms with van der Waals surface area (Å²) in [6.07, 6.45) is 2.47. The number of rotatable bonds is 1. The number of halogens is 2. The minimum absolute atomic E-state index is 0.334. The fourth-order valence-electron chi connectivity index (χ4n) is 1.00. The molecule has 0 N–H and O–H groups in total. The Morgan fingerprint density at radius 3 is 2.38 bits per heavy atom. The zero-order chi connectivity index (χ0) is 12.0. The van der Waals surface area contributed by atoms with Crippen LogP contribution in [0.1, 0.15) is 13.8 Å². The second-order valence-corrected chi connectivity index (χ2v) is 2.97.